The average Bonchev–Trinajstić information content (AvgIpc) is 2.75. The fourth-order valence-corrected chi connectivity index (χ4v) is 4.81. The molecule has 0 rings (SSSR count). The molecule has 7 heteroatoms. The Balaban J connectivity index is 3.96. The monoisotopic (exact) mass is 499 g/mol. The normalized spacial score (nSPS) is 14.6. The number of carbonyl (C=O) groups is 3. The molecule has 3 unspecified atom stereocenters. The Hall–Kier alpha value is -1.34. The standard InChI is InChI=1S/C27H49NO5S/c1-21(2)9-6-10-22(3)11-7-12-23(4)13-8-14-24(5)15-18-34-20-25(27(31)32)28-26(30)19-33-17-16-29/h15-16,21-23,25H,6-14,17-20H2,1-5H3,(H,28,30)(H,31,32)/b24-15+. The number of nitrogens with one attached hydrogen (secondary N) is 1. The van der Waals surface area contributed by atoms with Crippen molar-refractivity contribution in [3.05, 3.63) is 11.6 Å². The molecule has 0 aliphatic rings. The molecule has 0 aromatic rings. The van der Waals surface area contributed by atoms with Crippen molar-refractivity contribution in [1.82, 2.24) is 5.32 Å². The van der Waals surface area contributed by atoms with E-state index < -0.39 is 17.9 Å². The third-order valence-electron chi connectivity index (χ3n) is 6.03. The van der Waals surface area contributed by atoms with Gasteiger partial charge in [0.1, 0.15) is 25.5 Å². The molecule has 1 amide bonds. The number of allylic oxidation sites excluding steroid dienone is 1. The van der Waals surface area contributed by atoms with E-state index in [0.29, 0.717) is 6.29 Å². The first-order chi connectivity index (χ1) is 16.1. The van der Waals surface area contributed by atoms with Gasteiger partial charge in [0.15, 0.2) is 0 Å². The van der Waals surface area contributed by atoms with E-state index in [2.05, 4.69) is 46.0 Å². The number of aldehydes is 1. The van der Waals surface area contributed by atoms with Crippen molar-refractivity contribution in [2.45, 2.75) is 98.4 Å². The molecule has 0 spiro atoms. The summed E-state index contributed by atoms with van der Waals surface area (Å²) < 4.78 is 4.80. The van der Waals surface area contributed by atoms with E-state index in [1.165, 1.54) is 68.7 Å². The van der Waals surface area contributed by atoms with E-state index in [0.717, 1.165) is 29.9 Å². The van der Waals surface area contributed by atoms with Gasteiger partial charge in [0.25, 0.3) is 0 Å². The highest BCUT2D eigenvalue weighted by Crippen LogP contribution is 2.22. The van der Waals surface area contributed by atoms with Gasteiger partial charge < -0.3 is 20.0 Å². The van der Waals surface area contributed by atoms with Crippen molar-refractivity contribution in [3.63, 3.8) is 0 Å². The summed E-state index contributed by atoms with van der Waals surface area (Å²) >= 11 is 1.48. The number of thioether (sulfide) groups is 1. The zero-order chi connectivity index (χ0) is 25.8. The summed E-state index contributed by atoms with van der Waals surface area (Å²) in [7, 11) is 0. The molecular weight excluding hydrogens is 450 g/mol. The molecule has 0 aromatic heterocycles. The molecule has 0 radical (unpaired) electrons. The first-order valence-corrected chi connectivity index (χ1v) is 14.1. The summed E-state index contributed by atoms with van der Waals surface area (Å²) in [5.74, 6) is 1.83. The third-order valence-corrected chi connectivity index (χ3v) is 7.00. The summed E-state index contributed by atoms with van der Waals surface area (Å²) in [6, 6.07) is -0.968. The van der Waals surface area contributed by atoms with Crippen LogP contribution in [0.25, 0.3) is 0 Å². The smallest absolute Gasteiger partial charge is 0.327 e. The Labute approximate surface area is 212 Å². The minimum absolute atomic E-state index is 0.180. The molecule has 2 N–H and O–H groups in total. The zero-order valence-corrected chi connectivity index (χ0v) is 23.0. The number of ether oxygens (including phenoxy) is 1. The van der Waals surface area contributed by atoms with Crippen LogP contribution in [0.3, 0.4) is 0 Å². The zero-order valence-electron chi connectivity index (χ0n) is 22.1. The first-order valence-electron chi connectivity index (χ1n) is 12.9. The van der Waals surface area contributed by atoms with Crippen molar-refractivity contribution in [3.8, 4) is 0 Å². The number of hydrogen-bond donors (Lipinski definition) is 2. The summed E-state index contributed by atoms with van der Waals surface area (Å²) in [4.78, 5) is 33.2. The van der Waals surface area contributed by atoms with E-state index >= 15 is 0 Å². The van der Waals surface area contributed by atoms with Gasteiger partial charge in [-0.3, -0.25) is 4.79 Å². The van der Waals surface area contributed by atoms with Gasteiger partial charge in [-0.05, 0) is 37.5 Å². The molecule has 0 bridgehead atoms. The molecule has 0 heterocycles. The van der Waals surface area contributed by atoms with Gasteiger partial charge in [0, 0.05) is 11.5 Å². The number of carboxylic acid groups (broad SMARTS) is 1. The van der Waals surface area contributed by atoms with E-state index in [-0.39, 0.29) is 19.0 Å². The van der Waals surface area contributed by atoms with Gasteiger partial charge in [0.2, 0.25) is 5.91 Å². The van der Waals surface area contributed by atoms with Gasteiger partial charge in [0.05, 0.1) is 0 Å². The largest absolute Gasteiger partial charge is 0.480 e. The lowest BCUT2D eigenvalue weighted by Gasteiger charge is -2.15. The molecule has 0 aliphatic carbocycles. The van der Waals surface area contributed by atoms with Gasteiger partial charge in [-0.15, -0.1) is 0 Å². The van der Waals surface area contributed by atoms with E-state index in [4.69, 9.17) is 4.74 Å². The van der Waals surface area contributed by atoms with Crippen LogP contribution in [-0.2, 0) is 19.1 Å². The van der Waals surface area contributed by atoms with Crippen molar-refractivity contribution in [1.29, 1.82) is 0 Å². The minimum Gasteiger partial charge on any atom is -0.480 e. The van der Waals surface area contributed by atoms with E-state index in [9.17, 15) is 19.5 Å². The van der Waals surface area contributed by atoms with Gasteiger partial charge in [-0.2, -0.15) is 11.8 Å². The molecule has 0 saturated heterocycles. The average molecular weight is 500 g/mol. The fraction of sp³-hybridized carbons (Fsp3) is 0.815. The number of carbonyl (C=O) groups excluding carboxylic acids is 2. The molecule has 0 aromatic carbocycles. The van der Waals surface area contributed by atoms with E-state index in [1.54, 1.807) is 0 Å². The summed E-state index contributed by atoms with van der Waals surface area (Å²) in [5, 5.41) is 11.7. The Bertz CT molecular complexity index is 594. The highest BCUT2D eigenvalue weighted by Gasteiger charge is 2.19. The molecule has 3 atom stereocenters. The summed E-state index contributed by atoms with van der Waals surface area (Å²) in [6.07, 6.45) is 14.3. The topological polar surface area (TPSA) is 92.7 Å². The quantitative estimate of drug-likeness (QED) is 0.110. The maximum atomic E-state index is 11.7. The fourth-order valence-electron chi connectivity index (χ4n) is 3.81. The highest BCUT2D eigenvalue weighted by atomic mass is 32.2. The van der Waals surface area contributed by atoms with E-state index in [1.807, 2.05) is 0 Å². The Morgan fingerprint density at radius 2 is 1.56 bits per heavy atom. The van der Waals surface area contributed by atoms with Crippen LogP contribution >= 0.6 is 11.8 Å². The van der Waals surface area contributed by atoms with Crippen LogP contribution in [0.1, 0.15) is 92.4 Å². The van der Waals surface area contributed by atoms with Crippen LogP contribution < -0.4 is 5.32 Å². The lowest BCUT2D eigenvalue weighted by atomic mass is 9.91. The Kier molecular flexibility index (Phi) is 20.2. The SMILES string of the molecule is C/C(=C\CSCC(NC(=O)COCC=O)C(=O)O)CCCC(C)CCCC(C)CCCC(C)C. The van der Waals surface area contributed by atoms with Crippen molar-refractivity contribution in [2.24, 2.45) is 17.8 Å². The molecule has 0 fully saturated rings. The second kappa shape index (κ2) is 21.0. The number of carboxylic acids is 1. The van der Waals surface area contributed by atoms with Crippen LogP contribution in [0.15, 0.2) is 11.6 Å². The minimum atomic E-state index is -1.07. The predicted octanol–water partition coefficient (Wildman–Crippen LogP) is 5.89. The molecule has 0 aliphatic heterocycles. The van der Waals surface area contributed by atoms with Crippen LogP contribution in [-0.4, -0.2) is 54.0 Å². The highest BCUT2D eigenvalue weighted by molar-refractivity contribution is 7.99. The van der Waals surface area contributed by atoms with Crippen LogP contribution in [0.2, 0.25) is 0 Å². The third kappa shape index (κ3) is 20.1. The molecule has 198 valence electrons. The molecule has 6 nitrogen and oxygen atoms in total. The number of hydrogen-bond acceptors (Lipinski definition) is 5. The van der Waals surface area contributed by atoms with Crippen LogP contribution in [0.5, 0.6) is 0 Å². The van der Waals surface area contributed by atoms with Crippen molar-refractivity contribution >= 4 is 29.9 Å². The second-order valence-corrected chi connectivity index (χ2v) is 11.2. The van der Waals surface area contributed by atoms with Crippen LogP contribution in [0.4, 0.5) is 0 Å². The second-order valence-electron chi connectivity index (χ2n) is 10.1. The van der Waals surface area contributed by atoms with Crippen LogP contribution in [0, 0.1) is 17.8 Å². The number of rotatable bonds is 22. The summed E-state index contributed by atoms with van der Waals surface area (Å²) in [6.45, 7) is 11.0. The lowest BCUT2D eigenvalue weighted by molar-refractivity contribution is -0.142. The first kappa shape index (κ1) is 32.7. The summed E-state index contributed by atoms with van der Waals surface area (Å²) in [5.41, 5.74) is 1.33. The molecule has 0 saturated carbocycles. The van der Waals surface area contributed by atoms with Crippen molar-refractivity contribution in [2.75, 3.05) is 24.7 Å². The molecular formula is C27H49NO5S. The Morgan fingerprint density at radius 3 is 2.12 bits per heavy atom. The maximum absolute atomic E-state index is 11.7. The maximum Gasteiger partial charge on any atom is 0.327 e. The predicted molar refractivity (Wildman–Crippen MR) is 142 cm³/mol. The van der Waals surface area contributed by atoms with Gasteiger partial charge in [-0.1, -0.05) is 84.3 Å². The number of aliphatic carboxylic acids is 1. The lowest BCUT2D eigenvalue weighted by Crippen LogP contribution is -2.44. The molecule has 34 heavy (non-hydrogen) atoms. The van der Waals surface area contributed by atoms with Gasteiger partial charge in [-0.25, -0.2) is 4.79 Å². The number of amides is 1. The van der Waals surface area contributed by atoms with Crippen molar-refractivity contribution < 1.29 is 24.2 Å². The Morgan fingerprint density at radius 1 is 0.971 bits per heavy atom. The van der Waals surface area contributed by atoms with Gasteiger partial charge >= 0.3 is 5.97 Å².